The molecule has 0 fully saturated rings. The maximum Gasteiger partial charge on any atom is 0.328 e. The number of halogens is 1. The quantitative estimate of drug-likeness (QED) is 0.861. The molecule has 16 heavy (non-hydrogen) atoms. The van der Waals surface area contributed by atoms with Crippen LogP contribution in [0, 0.1) is 0 Å². The monoisotopic (exact) mass is 307 g/mol. The number of carbonyl (C=O) groups excluding carboxylic acids is 1. The summed E-state index contributed by atoms with van der Waals surface area (Å²) >= 11 is 4.46. The molecule has 1 aromatic rings. The largest absolute Gasteiger partial charge is 0.480 e. The molecule has 0 saturated carbocycles. The van der Waals surface area contributed by atoms with Crippen molar-refractivity contribution in [3.63, 3.8) is 0 Å². The molecule has 7 heteroatoms. The summed E-state index contributed by atoms with van der Waals surface area (Å²) in [5.41, 5.74) is 0. The first-order valence-electron chi connectivity index (χ1n) is 4.32. The van der Waals surface area contributed by atoms with Gasteiger partial charge in [-0.05, 0) is 28.1 Å². The van der Waals surface area contributed by atoms with Gasteiger partial charge in [-0.25, -0.2) is 4.79 Å². The lowest BCUT2D eigenvalue weighted by Crippen LogP contribution is -2.43. The van der Waals surface area contributed by atoms with Crippen molar-refractivity contribution in [2.45, 2.75) is 6.04 Å². The highest BCUT2D eigenvalue weighted by atomic mass is 79.9. The van der Waals surface area contributed by atoms with Gasteiger partial charge in [-0.3, -0.25) is 4.79 Å². The molecule has 0 radical (unpaired) electrons. The van der Waals surface area contributed by atoms with E-state index >= 15 is 0 Å². The van der Waals surface area contributed by atoms with Gasteiger partial charge in [-0.1, -0.05) is 0 Å². The molecule has 0 spiro atoms. The van der Waals surface area contributed by atoms with E-state index in [1.54, 1.807) is 12.1 Å². The van der Waals surface area contributed by atoms with E-state index in [0.29, 0.717) is 4.88 Å². The number of aliphatic carboxylic acids is 1. The average Bonchev–Trinajstić information content (AvgIpc) is 2.64. The highest BCUT2D eigenvalue weighted by Crippen LogP contribution is 2.21. The Hall–Kier alpha value is -0.920. The van der Waals surface area contributed by atoms with Crippen molar-refractivity contribution in [2.24, 2.45) is 0 Å². The van der Waals surface area contributed by atoms with Crippen molar-refractivity contribution in [1.82, 2.24) is 5.32 Å². The molecular formula is C9H10BrNO4S. The Morgan fingerprint density at radius 3 is 2.75 bits per heavy atom. The maximum absolute atomic E-state index is 11.6. The number of carboxylic acids is 1. The predicted molar refractivity (Wildman–Crippen MR) is 62.8 cm³/mol. The Balaban J connectivity index is 2.65. The van der Waals surface area contributed by atoms with E-state index in [-0.39, 0.29) is 6.61 Å². The van der Waals surface area contributed by atoms with E-state index in [1.807, 2.05) is 0 Å². The van der Waals surface area contributed by atoms with Crippen molar-refractivity contribution in [2.75, 3.05) is 13.7 Å². The summed E-state index contributed by atoms with van der Waals surface area (Å²) in [4.78, 5) is 22.8. The molecular weight excluding hydrogens is 298 g/mol. The highest BCUT2D eigenvalue weighted by molar-refractivity contribution is 9.11. The van der Waals surface area contributed by atoms with Crippen LogP contribution < -0.4 is 5.32 Å². The first-order valence-corrected chi connectivity index (χ1v) is 5.93. The van der Waals surface area contributed by atoms with E-state index in [4.69, 9.17) is 9.84 Å². The van der Waals surface area contributed by atoms with Crippen LogP contribution in [0.25, 0.3) is 0 Å². The van der Waals surface area contributed by atoms with Crippen LogP contribution in [-0.4, -0.2) is 36.7 Å². The second-order valence-electron chi connectivity index (χ2n) is 2.92. The van der Waals surface area contributed by atoms with E-state index < -0.39 is 17.9 Å². The third-order valence-electron chi connectivity index (χ3n) is 1.73. The van der Waals surface area contributed by atoms with Gasteiger partial charge in [0.25, 0.3) is 5.91 Å². The Labute approximate surface area is 105 Å². The van der Waals surface area contributed by atoms with Crippen molar-refractivity contribution in [3.8, 4) is 0 Å². The molecule has 0 aromatic carbocycles. The number of thiophene rings is 1. The molecule has 2 N–H and O–H groups in total. The van der Waals surface area contributed by atoms with Gasteiger partial charge in [0.15, 0.2) is 6.04 Å². The molecule has 1 heterocycles. The number of nitrogens with one attached hydrogen (secondary N) is 1. The molecule has 0 aliphatic rings. The van der Waals surface area contributed by atoms with Crippen LogP contribution in [0.4, 0.5) is 0 Å². The number of ether oxygens (including phenoxy) is 1. The molecule has 0 saturated heterocycles. The fourth-order valence-electron chi connectivity index (χ4n) is 1.01. The zero-order chi connectivity index (χ0) is 12.1. The summed E-state index contributed by atoms with van der Waals surface area (Å²) in [6.45, 7) is -0.0619. The summed E-state index contributed by atoms with van der Waals surface area (Å²) < 4.78 is 5.52. The van der Waals surface area contributed by atoms with Gasteiger partial charge in [0.05, 0.1) is 15.3 Å². The number of hydrogen-bond acceptors (Lipinski definition) is 4. The smallest absolute Gasteiger partial charge is 0.328 e. The molecule has 1 atom stereocenters. The molecule has 1 amide bonds. The van der Waals surface area contributed by atoms with E-state index in [0.717, 1.165) is 3.79 Å². The van der Waals surface area contributed by atoms with Gasteiger partial charge in [-0.2, -0.15) is 0 Å². The van der Waals surface area contributed by atoms with Crippen LogP contribution >= 0.6 is 27.3 Å². The molecule has 5 nitrogen and oxygen atoms in total. The lowest BCUT2D eigenvalue weighted by atomic mass is 10.3. The molecule has 0 aliphatic heterocycles. The van der Waals surface area contributed by atoms with Crippen LogP contribution in [0.5, 0.6) is 0 Å². The van der Waals surface area contributed by atoms with Crippen LogP contribution in [0.3, 0.4) is 0 Å². The number of methoxy groups -OCH3 is 1. The summed E-state index contributed by atoms with van der Waals surface area (Å²) in [7, 11) is 1.38. The summed E-state index contributed by atoms with van der Waals surface area (Å²) in [5.74, 6) is -1.54. The first-order chi connectivity index (χ1) is 7.54. The maximum atomic E-state index is 11.6. The van der Waals surface area contributed by atoms with E-state index in [1.165, 1.54) is 18.4 Å². The first kappa shape index (κ1) is 13.1. The van der Waals surface area contributed by atoms with Crippen molar-refractivity contribution in [1.29, 1.82) is 0 Å². The van der Waals surface area contributed by atoms with Gasteiger partial charge < -0.3 is 15.2 Å². The highest BCUT2D eigenvalue weighted by Gasteiger charge is 2.21. The molecule has 1 aromatic heterocycles. The van der Waals surface area contributed by atoms with Gasteiger partial charge in [0, 0.05) is 7.11 Å². The number of hydrogen-bond donors (Lipinski definition) is 2. The Bertz CT molecular complexity index is 393. The normalized spacial score (nSPS) is 12.1. The number of carbonyl (C=O) groups is 2. The van der Waals surface area contributed by atoms with Gasteiger partial charge in [-0.15, -0.1) is 11.3 Å². The SMILES string of the molecule is COCC(NC(=O)c1ccc(Br)s1)C(=O)O. The third kappa shape index (κ3) is 3.58. The minimum Gasteiger partial charge on any atom is -0.480 e. The van der Waals surface area contributed by atoms with E-state index in [2.05, 4.69) is 21.2 Å². The van der Waals surface area contributed by atoms with E-state index in [9.17, 15) is 9.59 Å². The Morgan fingerprint density at radius 1 is 1.62 bits per heavy atom. The van der Waals surface area contributed by atoms with Crippen molar-refractivity contribution >= 4 is 39.1 Å². The average molecular weight is 308 g/mol. The third-order valence-corrected chi connectivity index (χ3v) is 3.36. The summed E-state index contributed by atoms with van der Waals surface area (Å²) in [5, 5.41) is 11.2. The van der Waals surface area contributed by atoms with Crippen molar-refractivity contribution in [3.05, 3.63) is 20.8 Å². The standard InChI is InChI=1S/C9H10BrNO4S/c1-15-4-5(9(13)14)11-8(12)6-2-3-7(10)16-6/h2-3,5H,4H2,1H3,(H,11,12)(H,13,14). The number of amides is 1. The predicted octanol–water partition coefficient (Wildman–Crippen LogP) is 1.34. The second kappa shape index (κ2) is 5.97. The number of carboxylic acid groups (broad SMARTS) is 1. The number of rotatable bonds is 5. The fraction of sp³-hybridized carbons (Fsp3) is 0.333. The molecule has 88 valence electrons. The van der Waals surface area contributed by atoms with Gasteiger partial charge in [0.1, 0.15) is 0 Å². The van der Waals surface area contributed by atoms with Crippen molar-refractivity contribution < 1.29 is 19.4 Å². The summed E-state index contributed by atoms with van der Waals surface area (Å²) in [6.07, 6.45) is 0. The minimum atomic E-state index is -1.12. The Morgan fingerprint density at radius 2 is 2.31 bits per heavy atom. The van der Waals surface area contributed by atoms with Crippen LogP contribution in [-0.2, 0) is 9.53 Å². The minimum absolute atomic E-state index is 0.0619. The molecule has 0 aliphatic carbocycles. The lowest BCUT2D eigenvalue weighted by molar-refractivity contribution is -0.140. The summed E-state index contributed by atoms with van der Waals surface area (Å²) in [6, 6.07) is 2.32. The fourth-order valence-corrected chi connectivity index (χ4v) is 2.30. The second-order valence-corrected chi connectivity index (χ2v) is 5.39. The zero-order valence-corrected chi connectivity index (χ0v) is 10.8. The molecule has 1 rings (SSSR count). The van der Waals surface area contributed by atoms with Gasteiger partial charge >= 0.3 is 5.97 Å². The molecule has 1 unspecified atom stereocenters. The lowest BCUT2D eigenvalue weighted by Gasteiger charge is -2.12. The Kier molecular flexibility index (Phi) is 4.91. The van der Waals surface area contributed by atoms with Crippen LogP contribution in [0.1, 0.15) is 9.67 Å². The zero-order valence-electron chi connectivity index (χ0n) is 8.40. The van der Waals surface area contributed by atoms with Crippen LogP contribution in [0.15, 0.2) is 15.9 Å². The molecule has 0 bridgehead atoms. The van der Waals surface area contributed by atoms with Gasteiger partial charge in [0.2, 0.25) is 0 Å². The topological polar surface area (TPSA) is 75.6 Å². The van der Waals surface area contributed by atoms with Crippen LogP contribution in [0.2, 0.25) is 0 Å².